The summed E-state index contributed by atoms with van der Waals surface area (Å²) in [6.07, 6.45) is 1.62. The highest BCUT2D eigenvalue weighted by atomic mass is 16.6. The summed E-state index contributed by atoms with van der Waals surface area (Å²) in [7, 11) is 0. The van der Waals surface area contributed by atoms with Crippen LogP contribution in [0.5, 0.6) is 0 Å². The van der Waals surface area contributed by atoms with Crippen molar-refractivity contribution < 1.29 is 29.3 Å². The van der Waals surface area contributed by atoms with Crippen LogP contribution in [-0.4, -0.2) is 32.1 Å². The number of esters is 2. The number of hydrogen-bond acceptors (Lipinski definition) is 6. The molecule has 47 heavy (non-hydrogen) atoms. The van der Waals surface area contributed by atoms with E-state index in [1.54, 1.807) is 0 Å². The summed E-state index contributed by atoms with van der Waals surface area (Å²) in [6, 6.07) is 23.6. The zero-order valence-corrected chi connectivity index (χ0v) is 27.4. The van der Waals surface area contributed by atoms with Gasteiger partial charge in [0.1, 0.15) is 17.6 Å². The molecule has 0 radical (unpaired) electrons. The Morgan fingerprint density at radius 1 is 0.553 bits per heavy atom. The van der Waals surface area contributed by atoms with Gasteiger partial charge in [0.15, 0.2) is 0 Å². The van der Waals surface area contributed by atoms with Crippen molar-refractivity contribution in [1.82, 2.24) is 9.97 Å². The molecule has 2 heterocycles. The molecule has 0 saturated heterocycles. The zero-order chi connectivity index (χ0) is 33.3. The minimum Gasteiger partial charge on any atom is -0.454 e. The lowest BCUT2D eigenvalue weighted by Crippen LogP contribution is -2.35. The number of aliphatic hydroxyl groups excluding tert-OH is 2. The lowest BCUT2D eigenvalue weighted by molar-refractivity contribution is -0.174. The topological polar surface area (TPSA) is 125 Å². The van der Waals surface area contributed by atoms with Gasteiger partial charge in [-0.25, -0.2) is 0 Å². The third-order valence-electron chi connectivity index (χ3n) is 9.94. The summed E-state index contributed by atoms with van der Waals surface area (Å²) in [5, 5.41) is 23.3. The Balaban J connectivity index is 1.22. The lowest BCUT2D eigenvalue weighted by Gasteiger charge is -2.34. The van der Waals surface area contributed by atoms with Crippen molar-refractivity contribution in [2.45, 2.75) is 84.2 Å². The number of carbonyl (C=O) groups excluding carboxylic acids is 2. The van der Waals surface area contributed by atoms with Crippen molar-refractivity contribution >= 4 is 55.6 Å². The molecule has 0 bridgehead atoms. The number of rotatable bonds is 12. The summed E-state index contributed by atoms with van der Waals surface area (Å²) < 4.78 is 12.3. The number of carbonyl (C=O) groups is 2. The minimum atomic E-state index is -0.914. The van der Waals surface area contributed by atoms with E-state index in [-0.39, 0.29) is 13.2 Å². The van der Waals surface area contributed by atoms with Crippen LogP contribution in [0.3, 0.4) is 0 Å². The first-order valence-corrected chi connectivity index (χ1v) is 16.5. The molecule has 0 aliphatic rings. The molecule has 8 nitrogen and oxygen atoms in total. The Bertz CT molecular complexity index is 1950. The second kappa shape index (κ2) is 12.9. The fraction of sp³-hybridized carbons (Fsp3) is 0.333. The molecule has 6 aromatic rings. The maximum Gasteiger partial charge on any atom is 0.318 e. The van der Waals surface area contributed by atoms with Crippen molar-refractivity contribution in [1.29, 1.82) is 0 Å². The molecule has 8 heteroatoms. The fourth-order valence-corrected chi connectivity index (χ4v) is 7.01. The number of nitrogens with one attached hydrogen (secondary N) is 2. The molecule has 0 saturated carbocycles. The van der Waals surface area contributed by atoms with Crippen LogP contribution in [-0.2, 0) is 43.5 Å². The van der Waals surface area contributed by atoms with Crippen LogP contribution in [0.25, 0.3) is 43.6 Å². The van der Waals surface area contributed by atoms with E-state index in [0.29, 0.717) is 25.7 Å². The van der Waals surface area contributed by atoms with Gasteiger partial charge in [-0.2, -0.15) is 0 Å². The highest BCUT2D eigenvalue weighted by molar-refractivity contribution is 6.08. The molecule has 244 valence electrons. The van der Waals surface area contributed by atoms with Crippen LogP contribution in [0.1, 0.15) is 82.1 Å². The van der Waals surface area contributed by atoms with Crippen molar-refractivity contribution in [2.24, 2.45) is 0 Å². The molecule has 0 atom stereocenters. The van der Waals surface area contributed by atoms with E-state index in [2.05, 4.69) is 9.97 Å². The zero-order valence-electron chi connectivity index (χ0n) is 27.4. The number of aromatic nitrogens is 2. The van der Waals surface area contributed by atoms with E-state index in [4.69, 9.17) is 9.47 Å². The monoisotopic (exact) mass is 634 g/mol. The summed E-state index contributed by atoms with van der Waals surface area (Å²) in [5.41, 5.74) is 5.28. The van der Waals surface area contributed by atoms with Crippen molar-refractivity contribution in [2.75, 3.05) is 0 Å². The molecule has 0 aliphatic heterocycles. The Kier molecular flexibility index (Phi) is 8.83. The molecule has 0 spiro atoms. The second-order valence-electron chi connectivity index (χ2n) is 12.4. The summed E-state index contributed by atoms with van der Waals surface area (Å²) >= 11 is 0. The molecular weight excluding hydrogens is 592 g/mol. The van der Waals surface area contributed by atoms with Crippen LogP contribution < -0.4 is 0 Å². The number of aromatic amines is 2. The molecule has 0 unspecified atom stereocenters. The quantitative estimate of drug-likeness (QED) is 0.0796. The molecule has 0 aliphatic carbocycles. The molecule has 0 amide bonds. The summed E-state index contributed by atoms with van der Waals surface area (Å²) in [4.78, 5) is 33.7. The Labute approximate surface area is 273 Å². The Morgan fingerprint density at radius 3 is 1.32 bits per heavy atom. The first kappa shape index (κ1) is 32.3. The predicted molar refractivity (Wildman–Crippen MR) is 185 cm³/mol. The van der Waals surface area contributed by atoms with Crippen LogP contribution >= 0.6 is 0 Å². The van der Waals surface area contributed by atoms with Gasteiger partial charge < -0.3 is 29.7 Å². The smallest absolute Gasteiger partial charge is 0.318 e. The SMILES string of the molecule is CCC(CC)(OC(=O)CC(=O)OC(CC)(CC)c1ccc2c(c1)[nH]c1ccc(CO)cc12)c1ccc2c(c1)[nH]c1ccc(CO)cc12. The molecule has 4 N–H and O–H groups in total. The standard InChI is InChI=1S/C39H42N2O6/c1-5-38(6-2,26-11-13-28-30-17-24(22-42)9-15-32(30)40-34(28)19-26)46-36(44)21-37(45)47-39(7-3,8-4)27-12-14-29-31-18-25(23-43)10-16-33(31)41-35(29)20-27/h9-20,40-43H,5-8,21-23H2,1-4H3. The van der Waals surface area contributed by atoms with Crippen LogP contribution in [0.15, 0.2) is 72.8 Å². The van der Waals surface area contributed by atoms with Crippen molar-refractivity contribution in [3.05, 3.63) is 95.1 Å². The van der Waals surface area contributed by atoms with E-state index >= 15 is 0 Å². The average molecular weight is 635 g/mol. The second-order valence-corrected chi connectivity index (χ2v) is 12.4. The van der Waals surface area contributed by atoms with Crippen LogP contribution in [0.4, 0.5) is 0 Å². The molecule has 2 aromatic heterocycles. The van der Waals surface area contributed by atoms with Gasteiger partial charge in [0.25, 0.3) is 0 Å². The summed E-state index contributed by atoms with van der Waals surface area (Å²) in [5.74, 6) is -1.26. The van der Waals surface area contributed by atoms with Crippen molar-refractivity contribution in [3.63, 3.8) is 0 Å². The molecule has 4 aromatic carbocycles. The molecular formula is C39H42N2O6. The highest BCUT2D eigenvalue weighted by Gasteiger charge is 2.37. The Morgan fingerprint density at radius 2 is 0.957 bits per heavy atom. The maximum atomic E-state index is 13.4. The van der Waals surface area contributed by atoms with Gasteiger partial charge in [-0.3, -0.25) is 9.59 Å². The Hall–Kier alpha value is -4.66. The first-order chi connectivity index (χ1) is 22.7. The lowest BCUT2D eigenvalue weighted by atomic mass is 9.87. The van der Waals surface area contributed by atoms with Gasteiger partial charge in [-0.05, 0) is 84.3 Å². The molecule has 0 fully saturated rings. The number of benzene rings is 4. The average Bonchev–Trinajstić information content (AvgIpc) is 3.65. The van der Waals surface area contributed by atoms with Crippen LogP contribution in [0.2, 0.25) is 0 Å². The van der Waals surface area contributed by atoms with E-state index in [1.807, 2.05) is 100 Å². The summed E-state index contributed by atoms with van der Waals surface area (Å²) in [6.45, 7) is 7.84. The van der Waals surface area contributed by atoms with Crippen LogP contribution in [0, 0.1) is 0 Å². The minimum absolute atomic E-state index is 0.0301. The van der Waals surface area contributed by atoms with Gasteiger partial charge >= 0.3 is 11.9 Å². The largest absolute Gasteiger partial charge is 0.454 e. The number of hydrogen-bond donors (Lipinski definition) is 4. The fourth-order valence-electron chi connectivity index (χ4n) is 7.01. The van der Waals surface area contributed by atoms with Crippen molar-refractivity contribution in [3.8, 4) is 0 Å². The van der Waals surface area contributed by atoms with E-state index in [1.165, 1.54) is 0 Å². The normalized spacial score (nSPS) is 12.4. The van der Waals surface area contributed by atoms with Gasteiger partial charge in [0, 0.05) is 43.6 Å². The predicted octanol–water partition coefficient (Wildman–Crippen LogP) is 8.15. The van der Waals surface area contributed by atoms with Gasteiger partial charge in [-0.15, -0.1) is 0 Å². The maximum absolute atomic E-state index is 13.4. The van der Waals surface area contributed by atoms with Gasteiger partial charge in [0.05, 0.1) is 13.2 Å². The molecule has 6 rings (SSSR count). The van der Waals surface area contributed by atoms with Gasteiger partial charge in [0.2, 0.25) is 0 Å². The highest BCUT2D eigenvalue weighted by Crippen LogP contribution is 2.39. The van der Waals surface area contributed by atoms with Gasteiger partial charge in [-0.1, -0.05) is 64.1 Å². The third-order valence-corrected chi connectivity index (χ3v) is 9.94. The first-order valence-electron chi connectivity index (χ1n) is 16.5. The van der Waals surface area contributed by atoms with E-state index < -0.39 is 29.6 Å². The number of aliphatic hydroxyl groups is 2. The third kappa shape index (κ3) is 5.77. The number of fused-ring (bicyclic) bond motifs is 6. The van der Waals surface area contributed by atoms with E-state index in [0.717, 1.165) is 65.9 Å². The van der Waals surface area contributed by atoms with E-state index in [9.17, 15) is 19.8 Å². The number of ether oxygens (including phenoxy) is 2. The number of H-pyrrole nitrogens is 2.